The van der Waals surface area contributed by atoms with Crippen molar-refractivity contribution < 1.29 is 72.3 Å². The van der Waals surface area contributed by atoms with Crippen LogP contribution in [0.15, 0.2) is 185 Å². The Kier molecular flexibility index (Phi) is 27.8. The summed E-state index contributed by atoms with van der Waals surface area (Å²) in [4.78, 5) is 0.748. The molecule has 0 fully saturated rings. The van der Waals surface area contributed by atoms with Gasteiger partial charge >= 0.3 is 0 Å². The van der Waals surface area contributed by atoms with Gasteiger partial charge in [-0.2, -0.15) is 0 Å². The number of hydrogen-bond acceptors (Lipinski definition) is 24. The Bertz CT molecular complexity index is 6240. The summed E-state index contributed by atoms with van der Waals surface area (Å²) in [6.07, 6.45) is 0. The van der Waals surface area contributed by atoms with Gasteiger partial charge in [-0.15, -0.1) is 20.4 Å². The molecule has 0 aliphatic rings. The Labute approximate surface area is 698 Å². The minimum atomic E-state index is -3.88. The molecule has 8 aromatic carbocycles. The molecule has 0 atom stereocenters. The zero-order valence-electron chi connectivity index (χ0n) is 71.5. The number of ether oxygens (including phenoxy) is 6. The molecule has 0 amide bonds. The SMILES string of the molecule is C.COc1ccc(O)c(-n2nnc(S(=O)(=O)c3ccc(C(C)(C)C)c(C)c3)c2C)c1.COc1ccc(O)cc1-n1nnc(S(=O)(=O)c2ccc(C(C)(C)C)c(C)c2)c1C.COc1ccc(OC)c(-n2nnc(S(=O)(=O)c3ccc(C(C)(C)C)c(C)c3)c2C)c1.COc1ccc(OC)c(-n2nnc(S(=O)(=O)c3ccc(C(C)(C)C)cc3C)c2C)c1. The third kappa shape index (κ3) is 19.5. The molecule has 0 aliphatic carbocycles. The quantitative estimate of drug-likeness (QED) is 0.0805. The molecule has 0 spiro atoms. The summed E-state index contributed by atoms with van der Waals surface area (Å²) in [6.45, 7) is 39.2. The van der Waals surface area contributed by atoms with Gasteiger partial charge in [0.15, 0.2) is 0 Å². The summed E-state index contributed by atoms with van der Waals surface area (Å²) in [5, 5.41) is 51.6. The number of aryl methyl sites for hydroxylation is 4. The van der Waals surface area contributed by atoms with Gasteiger partial charge in [-0.25, -0.2) is 52.4 Å². The van der Waals surface area contributed by atoms with Crippen LogP contribution >= 0.6 is 0 Å². The topological polar surface area (TPSA) is 355 Å². The summed E-state index contributed by atoms with van der Waals surface area (Å²) in [6, 6.07) is 40.4. The zero-order valence-corrected chi connectivity index (χ0v) is 74.7. The molecular weight excluding hydrogens is 1600 g/mol. The molecule has 0 aliphatic heterocycles. The predicted octanol–water partition coefficient (Wildman–Crippen LogP) is 16.2. The van der Waals surface area contributed by atoms with Gasteiger partial charge in [0, 0.05) is 24.3 Å². The van der Waals surface area contributed by atoms with E-state index in [0.717, 1.165) is 38.9 Å². The average molecular weight is 1710 g/mol. The molecule has 0 saturated heterocycles. The highest BCUT2D eigenvalue weighted by molar-refractivity contribution is 7.92. The summed E-state index contributed by atoms with van der Waals surface area (Å²) < 4.78 is 144. The van der Waals surface area contributed by atoms with Crippen LogP contribution in [0.4, 0.5) is 0 Å². The molecule has 119 heavy (non-hydrogen) atoms. The van der Waals surface area contributed by atoms with Gasteiger partial charge in [0.05, 0.1) is 85.0 Å². The van der Waals surface area contributed by atoms with E-state index in [1.165, 1.54) is 65.4 Å². The van der Waals surface area contributed by atoms with E-state index in [-0.39, 0.29) is 86.0 Å². The third-order valence-corrected chi connectivity index (χ3v) is 26.9. The first-order valence-electron chi connectivity index (χ1n) is 37.3. The van der Waals surface area contributed by atoms with E-state index in [1.54, 1.807) is 146 Å². The molecule has 12 rings (SSSR count). The average Bonchev–Trinajstić information content (AvgIpc) is 1.68. The minimum Gasteiger partial charge on any atom is -0.508 e. The lowest BCUT2D eigenvalue weighted by Gasteiger charge is -2.22. The standard InChI is InChI=1S/2C22H27N3O4S.2C21H25N3O4S.CH4/c1-14-12-17(9-10-18(14)22(3,4)5)30(26,27)21-15(2)25(24-23-21)19-13-16(28-6)8-11-20(19)29-7;1-14-12-16(22(3,4)5)8-11-20(14)30(26,27)21-15(2)25(24-23-21)18-13-17(28-6)9-10-19(18)29-7;1-13-11-16(8-9-17(13)21(3,4)5)29(26,27)20-14(2)24(23-22-20)18-12-15(28-6)7-10-19(18)25;1-13-11-16(8-9-17(13)21(3,4)5)29(26,27)20-14(2)24(23-22-20)18-12-15(25)7-10-19(18)28-6;/h2*8-13H,1-7H3;2*7-12,25H,1-6H3;1H4. The maximum absolute atomic E-state index is 13.4. The van der Waals surface area contributed by atoms with Crippen LogP contribution in [0.5, 0.6) is 46.0 Å². The molecule has 12 aromatic rings. The van der Waals surface area contributed by atoms with E-state index >= 15 is 0 Å². The number of aromatic nitrogens is 12. The number of rotatable bonds is 18. The molecule has 0 bridgehead atoms. The van der Waals surface area contributed by atoms with E-state index in [9.17, 15) is 43.9 Å². The first kappa shape index (κ1) is 93.0. The van der Waals surface area contributed by atoms with Crippen LogP contribution in [-0.2, 0) is 61.0 Å². The maximum atomic E-state index is 13.4. The fourth-order valence-corrected chi connectivity index (χ4v) is 19.4. The summed E-state index contributed by atoms with van der Waals surface area (Å²) in [5.41, 5.74) is 10.6. The van der Waals surface area contributed by atoms with E-state index < -0.39 is 39.3 Å². The molecule has 636 valence electrons. The van der Waals surface area contributed by atoms with Crippen LogP contribution in [0.2, 0.25) is 0 Å². The van der Waals surface area contributed by atoms with E-state index in [2.05, 4.69) is 124 Å². The van der Waals surface area contributed by atoms with Gasteiger partial charge in [0.1, 0.15) is 68.7 Å². The molecule has 0 radical (unpaired) electrons. The van der Waals surface area contributed by atoms with Crippen LogP contribution in [0.1, 0.15) is 158 Å². The Morgan fingerprint density at radius 2 is 0.597 bits per heavy atom. The Hall–Kier alpha value is -11.5. The van der Waals surface area contributed by atoms with Crippen LogP contribution in [0.3, 0.4) is 0 Å². The lowest BCUT2D eigenvalue weighted by atomic mass is 9.84. The minimum absolute atomic E-state index is 0. The van der Waals surface area contributed by atoms with E-state index in [1.807, 2.05) is 51.1 Å². The van der Waals surface area contributed by atoms with Crippen LogP contribution < -0.4 is 28.4 Å². The molecule has 4 heterocycles. The van der Waals surface area contributed by atoms with Gasteiger partial charge in [0.2, 0.25) is 59.5 Å². The fraction of sp³-hybridized carbons (Fsp3) is 0.356. The van der Waals surface area contributed by atoms with Gasteiger partial charge in [0.25, 0.3) is 0 Å². The Morgan fingerprint density at radius 3 is 0.891 bits per heavy atom. The summed E-state index contributed by atoms with van der Waals surface area (Å²) in [5.74, 6) is 3.13. The first-order chi connectivity index (χ1) is 54.9. The van der Waals surface area contributed by atoms with Crippen LogP contribution in [-0.4, -0.2) is 147 Å². The number of phenolic OH excluding ortho intramolecular Hbond substituents is 2. The molecule has 2 N–H and O–H groups in total. The molecule has 4 aromatic heterocycles. The van der Waals surface area contributed by atoms with Gasteiger partial charge in [-0.1, -0.05) is 142 Å². The molecule has 0 unspecified atom stereocenters. The highest BCUT2D eigenvalue weighted by Crippen LogP contribution is 2.39. The normalized spacial score (nSPS) is 12.1. The molecule has 28 nitrogen and oxygen atoms in total. The van der Waals surface area contributed by atoms with Crippen LogP contribution in [0.25, 0.3) is 22.7 Å². The fourth-order valence-electron chi connectivity index (χ4n) is 13.5. The smallest absolute Gasteiger partial charge is 0.227 e. The van der Waals surface area contributed by atoms with E-state index in [0.29, 0.717) is 79.9 Å². The number of methoxy groups -OCH3 is 6. The van der Waals surface area contributed by atoms with Crippen molar-refractivity contribution >= 4 is 39.3 Å². The second-order valence-corrected chi connectivity index (χ2v) is 39.7. The van der Waals surface area contributed by atoms with Crippen molar-refractivity contribution in [3.63, 3.8) is 0 Å². The number of nitrogens with zero attached hydrogens (tertiary/aromatic N) is 12. The first-order valence-corrected chi connectivity index (χ1v) is 43.2. The third-order valence-electron chi connectivity index (χ3n) is 19.7. The van der Waals surface area contributed by atoms with Gasteiger partial charge in [-0.3, -0.25) is 0 Å². The number of benzene rings is 8. The van der Waals surface area contributed by atoms with Crippen molar-refractivity contribution in [2.75, 3.05) is 42.7 Å². The molecule has 32 heteroatoms. The van der Waals surface area contributed by atoms with Gasteiger partial charge in [-0.05, 0) is 213 Å². The second kappa shape index (κ2) is 35.6. The number of phenols is 2. The summed E-state index contributed by atoms with van der Waals surface area (Å²) in [7, 11) is -6.27. The molecular formula is C87H108N12O16S4. The lowest BCUT2D eigenvalue weighted by molar-refractivity contribution is 0.400. The zero-order chi connectivity index (χ0) is 87.7. The van der Waals surface area contributed by atoms with E-state index in [4.69, 9.17) is 28.4 Å². The highest BCUT2D eigenvalue weighted by atomic mass is 32.2. The van der Waals surface area contributed by atoms with Crippen molar-refractivity contribution in [3.8, 4) is 68.7 Å². The summed E-state index contributed by atoms with van der Waals surface area (Å²) >= 11 is 0. The predicted molar refractivity (Wildman–Crippen MR) is 455 cm³/mol. The van der Waals surface area contributed by atoms with Crippen molar-refractivity contribution in [2.45, 2.75) is 207 Å². The monoisotopic (exact) mass is 1700 g/mol. The Morgan fingerprint density at radius 1 is 0.303 bits per heavy atom. The lowest BCUT2D eigenvalue weighted by Crippen LogP contribution is -2.14. The van der Waals surface area contributed by atoms with Crippen LogP contribution in [0, 0.1) is 55.4 Å². The van der Waals surface area contributed by atoms with Crippen molar-refractivity contribution in [2.24, 2.45) is 0 Å². The number of aromatic hydroxyl groups is 2. The largest absolute Gasteiger partial charge is 0.508 e. The Balaban J connectivity index is 0.000000197. The maximum Gasteiger partial charge on any atom is 0.227 e. The van der Waals surface area contributed by atoms with Crippen molar-refractivity contribution in [3.05, 3.63) is 213 Å². The second-order valence-electron chi connectivity index (χ2n) is 32.3. The van der Waals surface area contributed by atoms with Crippen molar-refractivity contribution in [1.29, 1.82) is 0 Å². The highest BCUT2D eigenvalue weighted by Gasteiger charge is 2.34. The number of hydrogen-bond donors (Lipinski definition) is 2. The van der Waals surface area contributed by atoms with Gasteiger partial charge < -0.3 is 38.6 Å². The number of sulfone groups is 4. The van der Waals surface area contributed by atoms with Crippen molar-refractivity contribution in [1.82, 2.24) is 60.0 Å². The molecule has 0 saturated carbocycles.